The summed E-state index contributed by atoms with van der Waals surface area (Å²) in [7, 11) is 2.12. The quantitative estimate of drug-likeness (QED) is 0.661. The highest BCUT2D eigenvalue weighted by molar-refractivity contribution is 5.93. The lowest BCUT2D eigenvalue weighted by atomic mass is 9.45. The van der Waals surface area contributed by atoms with Crippen LogP contribution in [0.1, 0.15) is 71.6 Å². The number of oxime groups is 1. The normalized spacial score (nSPS) is 49.1. The number of Topliss-reactive ketones (excluding diaryl/α,β-unsaturated/α-hetero) is 2. The van der Waals surface area contributed by atoms with Gasteiger partial charge in [-0.25, -0.2) is 0 Å². The number of rotatable bonds is 2. The Morgan fingerprint density at radius 3 is 2.62 bits per heavy atom. The van der Waals surface area contributed by atoms with Crippen LogP contribution >= 0.6 is 0 Å². The maximum absolute atomic E-state index is 13.3. The largest absolute Gasteiger partial charge is 0.391 e. The molecule has 29 heavy (non-hydrogen) atoms. The molecule has 4 saturated carbocycles. The number of likely N-dealkylation sites (tertiary alicyclic amines) is 1. The van der Waals surface area contributed by atoms with Crippen molar-refractivity contribution in [3.8, 4) is 0 Å². The highest BCUT2D eigenvalue weighted by atomic mass is 16.6. The zero-order valence-corrected chi connectivity index (χ0v) is 18.3. The van der Waals surface area contributed by atoms with Gasteiger partial charge >= 0.3 is 0 Å². The van der Waals surface area contributed by atoms with Gasteiger partial charge in [-0.1, -0.05) is 19.0 Å². The molecule has 1 saturated heterocycles. The lowest BCUT2D eigenvalue weighted by Gasteiger charge is -2.58. The van der Waals surface area contributed by atoms with Crippen LogP contribution in [0.15, 0.2) is 5.16 Å². The lowest BCUT2D eigenvalue weighted by Crippen LogP contribution is -2.56. The minimum absolute atomic E-state index is 0.0690. The van der Waals surface area contributed by atoms with Gasteiger partial charge in [0, 0.05) is 43.7 Å². The van der Waals surface area contributed by atoms with E-state index in [1.165, 1.54) is 0 Å². The molecule has 0 spiro atoms. The van der Waals surface area contributed by atoms with E-state index in [0.29, 0.717) is 35.7 Å². The van der Waals surface area contributed by atoms with Gasteiger partial charge in [0.2, 0.25) is 0 Å². The maximum Gasteiger partial charge on any atom is 0.141 e. The summed E-state index contributed by atoms with van der Waals surface area (Å²) in [4.78, 5) is 34.0. The summed E-state index contributed by atoms with van der Waals surface area (Å²) in [6.07, 6.45) is 8.54. The molecule has 5 rings (SSSR count). The third-order valence-electron chi connectivity index (χ3n) is 9.69. The predicted molar refractivity (Wildman–Crippen MR) is 112 cm³/mol. The Morgan fingerprint density at radius 2 is 1.86 bits per heavy atom. The molecule has 5 nitrogen and oxygen atoms in total. The van der Waals surface area contributed by atoms with E-state index in [1.54, 1.807) is 0 Å². The van der Waals surface area contributed by atoms with E-state index < -0.39 is 0 Å². The van der Waals surface area contributed by atoms with Crippen LogP contribution in [0.2, 0.25) is 0 Å². The maximum atomic E-state index is 13.3. The molecule has 0 aromatic rings. The molecule has 4 aliphatic carbocycles. The monoisotopic (exact) mass is 400 g/mol. The van der Waals surface area contributed by atoms with Gasteiger partial charge in [-0.2, -0.15) is 0 Å². The summed E-state index contributed by atoms with van der Waals surface area (Å²) in [6, 6.07) is 0. The number of hydrogen-bond acceptors (Lipinski definition) is 5. The Morgan fingerprint density at radius 1 is 1.03 bits per heavy atom. The van der Waals surface area contributed by atoms with Crippen LogP contribution in [-0.2, 0) is 14.4 Å². The van der Waals surface area contributed by atoms with Gasteiger partial charge in [0.25, 0.3) is 0 Å². The van der Waals surface area contributed by atoms with E-state index in [2.05, 4.69) is 31.0 Å². The molecule has 0 radical (unpaired) electrons. The lowest BCUT2D eigenvalue weighted by molar-refractivity contribution is -0.152. The summed E-state index contributed by atoms with van der Waals surface area (Å²) in [5.41, 5.74) is 0.999. The van der Waals surface area contributed by atoms with Crippen LogP contribution in [0.3, 0.4) is 0 Å². The average molecular weight is 401 g/mol. The van der Waals surface area contributed by atoms with Crippen molar-refractivity contribution in [1.82, 2.24) is 4.90 Å². The Kier molecular flexibility index (Phi) is 4.69. The number of nitrogens with zero attached hydrogens (tertiary/aromatic N) is 2. The second-order valence-electron chi connectivity index (χ2n) is 11.2. The number of carbonyl (C=O) groups is 2. The van der Waals surface area contributed by atoms with E-state index in [4.69, 9.17) is 4.84 Å². The molecule has 0 bridgehead atoms. The molecule has 1 aliphatic heterocycles. The Labute approximate surface area is 174 Å². The van der Waals surface area contributed by atoms with Crippen molar-refractivity contribution >= 4 is 17.3 Å². The van der Waals surface area contributed by atoms with Crippen molar-refractivity contribution in [1.29, 1.82) is 0 Å². The van der Waals surface area contributed by atoms with Gasteiger partial charge < -0.3 is 9.74 Å². The standard InChI is InChI=1S/C24H36N2O3/c1-23-9-6-15(25-29-16-8-11-26(3)14-16)12-20(23)21(27)13-17-18-4-5-22(28)24(18,2)10-7-19(17)23/h16-20H,4-14H2,1-3H3/b25-15-/t16-,17+,18+,19+,20-,23-,24+/m1/s1. The minimum atomic E-state index is -0.159. The fourth-order valence-electron chi connectivity index (χ4n) is 7.83. The molecule has 0 aromatic heterocycles. The van der Waals surface area contributed by atoms with Crippen LogP contribution in [0.5, 0.6) is 0 Å². The van der Waals surface area contributed by atoms with E-state index in [1.807, 2.05) is 0 Å². The van der Waals surface area contributed by atoms with Crippen LogP contribution in [0, 0.1) is 34.5 Å². The Bertz CT molecular complexity index is 748. The number of hydrogen-bond donors (Lipinski definition) is 0. The SMILES string of the molecule is CN1CC[C@@H](O/N=C2/CC[C@@]3(C)[C@H](C2)C(=O)C[C@@H]2[C@@H]3CC[C@]3(C)C(=O)CC[C@@H]23)C1. The van der Waals surface area contributed by atoms with E-state index in [9.17, 15) is 9.59 Å². The first-order valence-corrected chi connectivity index (χ1v) is 11.8. The molecule has 7 atom stereocenters. The summed E-state index contributed by atoms with van der Waals surface area (Å²) in [6.45, 7) is 6.57. The first-order chi connectivity index (χ1) is 13.8. The number of likely N-dealkylation sites (N-methyl/N-ethyl adjacent to an activating group) is 1. The van der Waals surface area contributed by atoms with E-state index in [0.717, 1.165) is 70.2 Å². The van der Waals surface area contributed by atoms with Crippen molar-refractivity contribution < 1.29 is 14.4 Å². The molecular weight excluding hydrogens is 364 g/mol. The molecule has 160 valence electrons. The van der Waals surface area contributed by atoms with Gasteiger partial charge in [-0.05, 0) is 68.7 Å². The first-order valence-electron chi connectivity index (χ1n) is 11.8. The molecule has 5 aliphatic rings. The molecular formula is C24H36N2O3. The van der Waals surface area contributed by atoms with E-state index >= 15 is 0 Å². The summed E-state index contributed by atoms with van der Waals surface area (Å²) >= 11 is 0. The molecule has 0 unspecified atom stereocenters. The summed E-state index contributed by atoms with van der Waals surface area (Å²) < 4.78 is 0. The molecule has 0 N–H and O–H groups in total. The fraction of sp³-hybridized carbons (Fsp3) is 0.875. The predicted octanol–water partition coefficient (Wildman–Crippen LogP) is 3.85. The van der Waals surface area contributed by atoms with E-state index in [-0.39, 0.29) is 22.9 Å². The number of fused-ring (bicyclic) bond motifs is 5. The van der Waals surface area contributed by atoms with Crippen molar-refractivity contribution in [2.24, 2.45) is 39.7 Å². The van der Waals surface area contributed by atoms with Crippen molar-refractivity contribution in [3.05, 3.63) is 0 Å². The second-order valence-corrected chi connectivity index (χ2v) is 11.2. The molecule has 0 amide bonds. The highest BCUT2D eigenvalue weighted by Crippen LogP contribution is 2.64. The van der Waals surface area contributed by atoms with Crippen LogP contribution in [0.4, 0.5) is 0 Å². The highest BCUT2D eigenvalue weighted by Gasteiger charge is 2.62. The second kappa shape index (κ2) is 6.90. The van der Waals surface area contributed by atoms with Crippen molar-refractivity contribution in [3.63, 3.8) is 0 Å². The summed E-state index contributed by atoms with van der Waals surface area (Å²) in [5.74, 6) is 2.39. The van der Waals surface area contributed by atoms with Crippen LogP contribution in [-0.4, -0.2) is 48.4 Å². The third-order valence-corrected chi connectivity index (χ3v) is 9.69. The Hall–Kier alpha value is -1.23. The van der Waals surface area contributed by atoms with Crippen molar-refractivity contribution in [2.45, 2.75) is 77.7 Å². The number of ketones is 2. The van der Waals surface area contributed by atoms with Gasteiger partial charge in [0.1, 0.15) is 17.7 Å². The smallest absolute Gasteiger partial charge is 0.141 e. The number of carbonyl (C=O) groups excluding carboxylic acids is 2. The van der Waals surface area contributed by atoms with Crippen LogP contribution < -0.4 is 0 Å². The summed E-state index contributed by atoms with van der Waals surface area (Å²) in [5, 5.41) is 4.53. The molecule has 5 heteroatoms. The fourth-order valence-corrected chi connectivity index (χ4v) is 7.83. The zero-order chi connectivity index (χ0) is 20.4. The molecule has 0 aromatic carbocycles. The Balaban J connectivity index is 1.33. The zero-order valence-electron chi connectivity index (χ0n) is 18.3. The average Bonchev–Trinajstić information content (AvgIpc) is 3.24. The first kappa shape index (κ1) is 19.7. The van der Waals surface area contributed by atoms with Gasteiger partial charge in [-0.3, -0.25) is 9.59 Å². The van der Waals surface area contributed by atoms with Crippen LogP contribution in [0.25, 0.3) is 0 Å². The van der Waals surface area contributed by atoms with Gasteiger partial charge in [-0.15, -0.1) is 0 Å². The molecule has 1 heterocycles. The molecule has 5 fully saturated rings. The topological polar surface area (TPSA) is 59.0 Å². The minimum Gasteiger partial charge on any atom is -0.391 e. The van der Waals surface area contributed by atoms with Gasteiger partial charge in [0.05, 0.1) is 5.71 Å². The van der Waals surface area contributed by atoms with Crippen molar-refractivity contribution in [2.75, 3.05) is 20.1 Å². The van der Waals surface area contributed by atoms with Gasteiger partial charge in [0.15, 0.2) is 0 Å². The third kappa shape index (κ3) is 3.02.